The summed E-state index contributed by atoms with van der Waals surface area (Å²) in [6.45, 7) is 8.51. The van der Waals surface area contributed by atoms with E-state index in [1.165, 1.54) is 11.1 Å². The van der Waals surface area contributed by atoms with Gasteiger partial charge >= 0.3 is 0 Å². The van der Waals surface area contributed by atoms with E-state index in [0.717, 1.165) is 0 Å². The quantitative estimate of drug-likeness (QED) is 0.783. The van der Waals surface area contributed by atoms with Gasteiger partial charge in [0, 0.05) is 16.2 Å². The molecule has 0 saturated heterocycles. The number of rotatable bonds is 1. The maximum Gasteiger partial charge on any atom is 0.0925 e. The lowest BCUT2D eigenvalue weighted by atomic mass is 9.67. The Labute approximate surface area is 106 Å². The summed E-state index contributed by atoms with van der Waals surface area (Å²) in [5.74, 6) is 0. The number of hydrogen-bond acceptors (Lipinski definition) is 1. The minimum atomic E-state index is -0.746. The van der Waals surface area contributed by atoms with Crippen molar-refractivity contribution in [2.24, 2.45) is 0 Å². The van der Waals surface area contributed by atoms with E-state index in [1.807, 2.05) is 0 Å². The van der Waals surface area contributed by atoms with Crippen LogP contribution in [0.1, 0.15) is 38.8 Å². The van der Waals surface area contributed by atoms with E-state index in [0.29, 0.717) is 5.33 Å². The molecule has 0 atom stereocenters. The smallest absolute Gasteiger partial charge is 0.0925 e. The first-order chi connectivity index (χ1) is 7.29. The van der Waals surface area contributed by atoms with Crippen molar-refractivity contribution in [1.29, 1.82) is 0 Å². The number of aliphatic hydroxyl groups is 1. The van der Waals surface area contributed by atoms with Crippen LogP contribution in [0.25, 0.3) is 0 Å². The van der Waals surface area contributed by atoms with Crippen molar-refractivity contribution < 1.29 is 5.11 Å². The summed E-state index contributed by atoms with van der Waals surface area (Å²) in [6, 6.07) is 8.38. The second kappa shape index (κ2) is 3.33. The van der Waals surface area contributed by atoms with E-state index in [-0.39, 0.29) is 10.8 Å². The highest BCUT2D eigenvalue weighted by molar-refractivity contribution is 9.09. The minimum absolute atomic E-state index is 0.226. The number of halogens is 1. The molecular formula is C14H19BrO. The molecule has 1 aromatic rings. The van der Waals surface area contributed by atoms with Gasteiger partial charge in [0.1, 0.15) is 0 Å². The highest BCUT2D eigenvalue weighted by Crippen LogP contribution is 2.56. The second-order valence-corrected chi connectivity index (χ2v) is 6.35. The molecule has 0 spiro atoms. The normalized spacial score (nSPS) is 24.1. The van der Waals surface area contributed by atoms with Crippen LogP contribution in [-0.4, -0.2) is 16.0 Å². The van der Waals surface area contributed by atoms with Gasteiger partial charge in [-0.15, -0.1) is 0 Å². The summed E-state index contributed by atoms with van der Waals surface area (Å²) in [7, 11) is 0. The highest BCUT2D eigenvalue weighted by Gasteiger charge is 2.61. The molecule has 0 aliphatic heterocycles. The Hall–Kier alpha value is -0.340. The molecule has 0 radical (unpaired) electrons. The molecule has 1 N–H and O–H groups in total. The van der Waals surface area contributed by atoms with Crippen LogP contribution in [0.2, 0.25) is 0 Å². The minimum Gasteiger partial charge on any atom is -0.387 e. The van der Waals surface area contributed by atoms with E-state index in [4.69, 9.17) is 0 Å². The van der Waals surface area contributed by atoms with E-state index in [9.17, 15) is 5.11 Å². The number of hydrogen-bond donors (Lipinski definition) is 1. The van der Waals surface area contributed by atoms with Crippen molar-refractivity contribution in [3.63, 3.8) is 0 Å². The van der Waals surface area contributed by atoms with Crippen molar-refractivity contribution in [3.05, 3.63) is 35.4 Å². The first kappa shape index (κ1) is 12.1. The first-order valence-electron chi connectivity index (χ1n) is 5.67. The number of benzene rings is 1. The largest absolute Gasteiger partial charge is 0.387 e. The molecule has 0 aromatic heterocycles. The average Bonchev–Trinajstić information content (AvgIpc) is 2.37. The topological polar surface area (TPSA) is 20.2 Å². The van der Waals surface area contributed by atoms with E-state index in [2.05, 4.69) is 67.9 Å². The Morgan fingerprint density at radius 2 is 1.38 bits per heavy atom. The van der Waals surface area contributed by atoms with Crippen molar-refractivity contribution in [2.45, 2.75) is 44.1 Å². The lowest BCUT2D eigenvalue weighted by Crippen LogP contribution is -2.55. The zero-order valence-electron chi connectivity index (χ0n) is 10.3. The molecule has 2 rings (SSSR count). The zero-order chi connectivity index (χ0) is 12.2. The summed E-state index contributed by atoms with van der Waals surface area (Å²) >= 11 is 3.49. The fourth-order valence-electron chi connectivity index (χ4n) is 3.13. The summed E-state index contributed by atoms with van der Waals surface area (Å²) in [5.41, 5.74) is 1.33. The van der Waals surface area contributed by atoms with Crippen molar-refractivity contribution in [1.82, 2.24) is 0 Å². The molecule has 0 saturated carbocycles. The molecule has 0 fully saturated rings. The predicted octanol–water partition coefficient (Wildman–Crippen LogP) is 3.38. The molecular weight excluding hydrogens is 264 g/mol. The maximum absolute atomic E-state index is 11.0. The molecule has 1 aliphatic carbocycles. The summed E-state index contributed by atoms with van der Waals surface area (Å²) < 4.78 is 0. The predicted molar refractivity (Wildman–Crippen MR) is 71.2 cm³/mol. The molecule has 1 aliphatic rings. The van der Waals surface area contributed by atoms with Gasteiger partial charge in [-0.1, -0.05) is 67.9 Å². The van der Waals surface area contributed by atoms with Crippen LogP contribution in [0.3, 0.4) is 0 Å². The number of fused-ring (bicyclic) bond motifs is 1. The van der Waals surface area contributed by atoms with Gasteiger partial charge in [-0.05, 0) is 11.1 Å². The Morgan fingerprint density at radius 3 is 1.69 bits per heavy atom. The van der Waals surface area contributed by atoms with Crippen LogP contribution in [0.15, 0.2) is 24.3 Å². The lowest BCUT2D eigenvalue weighted by molar-refractivity contribution is -0.0440. The summed E-state index contributed by atoms with van der Waals surface area (Å²) in [6.07, 6.45) is 0. The van der Waals surface area contributed by atoms with Gasteiger partial charge in [-0.25, -0.2) is 0 Å². The Balaban J connectivity index is 2.76. The van der Waals surface area contributed by atoms with Crippen LogP contribution in [0, 0.1) is 0 Å². The molecule has 88 valence electrons. The van der Waals surface area contributed by atoms with Gasteiger partial charge in [-0.3, -0.25) is 0 Å². The molecule has 1 nitrogen and oxygen atoms in total. The van der Waals surface area contributed by atoms with Gasteiger partial charge in [0.25, 0.3) is 0 Å². The Kier molecular flexibility index (Phi) is 2.52. The van der Waals surface area contributed by atoms with E-state index < -0.39 is 5.60 Å². The average molecular weight is 283 g/mol. The van der Waals surface area contributed by atoms with Gasteiger partial charge in [0.05, 0.1) is 5.60 Å². The van der Waals surface area contributed by atoms with Crippen molar-refractivity contribution in [2.75, 3.05) is 5.33 Å². The van der Waals surface area contributed by atoms with Crippen LogP contribution in [0.5, 0.6) is 0 Å². The zero-order valence-corrected chi connectivity index (χ0v) is 11.9. The molecule has 0 heterocycles. The summed E-state index contributed by atoms with van der Waals surface area (Å²) in [4.78, 5) is 0. The molecule has 0 amide bonds. The third-order valence-electron chi connectivity index (χ3n) is 4.54. The Morgan fingerprint density at radius 1 is 1.00 bits per heavy atom. The third-order valence-corrected chi connectivity index (χ3v) is 5.35. The van der Waals surface area contributed by atoms with Crippen LogP contribution >= 0.6 is 15.9 Å². The summed E-state index contributed by atoms with van der Waals surface area (Å²) in [5, 5.41) is 11.6. The Bertz CT molecular complexity index is 385. The van der Waals surface area contributed by atoms with E-state index in [1.54, 1.807) is 0 Å². The highest BCUT2D eigenvalue weighted by atomic mass is 79.9. The SMILES string of the molecule is CC1(C)c2ccccc2C(C)(C)C1(O)CBr. The van der Waals surface area contributed by atoms with Crippen LogP contribution < -0.4 is 0 Å². The van der Waals surface area contributed by atoms with Crippen molar-refractivity contribution in [3.8, 4) is 0 Å². The van der Waals surface area contributed by atoms with Gasteiger partial charge in [0.2, 0.25) is 0 Å². The van der Waals surface area contributed by atoms with Crippen LogP contribution in [0.4, 0.5) is 0 Å². The van der Waals surface area contributed by atoms with Gasteiger partial charge < -0.3 is 5.11 Å². The fourth-order valence-corrected chi connectivity index (χ4v) is 4.54. The molecule has 2 heteroatoms. The number of alkyl halides is 1. The molecule has 1 aromatic carbocycles. The first-order valence-corrected chi connectivity index (χ1v) is 6.79. The second-order valence-electron chi connectivity index (χ2n) is 5.79. The molecule has 16 heavy (non-hydrogen) atoms. The van der Waals surface area contributed by atoms with Crippen molar-refractivity contribution >= 4 is 15.9 Å². The van der Waals surface area contributed by atoms with Gasteiger partial charge in [0.15, 0.2) is 0 Å². The fraction of sp³-hybridized carbons (Fsp3) is 0.571. The monoisotopic (exact) mass is 282 g/mol. The van der Waals surface area contributed by atoms with E-state index >= 15 is 0 Å². The lowest BCUT2D eigenvalue weighted by Gasteiger charge is -2.44. The van der Waals surface area contributed by atoms with Crippen LogP contribution in [-0.2, 0) is 10.8 Å². The molecule has 0 unspecified atom stereocenters. The van der Waals surface area contributed by atoms with Gasteiger partial charge in [-0.2, -0.15) is 0 Å². The molecule has 0 bridgehead atoms. The standard InChI is InChI=1S/C14H19BrO/c1-12(2)10-7-5-6-8-11(10)13(3,4)14(12,16)9-15/h5-8,16H,9H2,1-4H3. The third kappa shape index (κ3) is 1.15. The maximum atomic E-state index is 11.0.